The number of para-hydroxylation sites is 1. The maximum absolute atomic E-state index is 13.4. The van der Waals surface area contributed by atoms with Gasteiger partial charge in [-0.3, -0.25) is 9.48 Å². The van der Waals surface area contributed by atoms with Crippen LogP contribution in [0.4, 0.5) is 5.69 Å². The summed E-state index contributed by atoms with van der Waals surface area (Å²) in [5, 5.41) is 4.26. The van der Waals surface area contributed by atoms with Gasteiger partial charge >= 0.3 is 0 Å². The fourth-order valence-corrected chi connectivity index (χ4v) is 4.10. The van der Waals surface area contributed by atoms with Crippen molar-refractivity contribution in [3.05, 3.63) is 47.8 Å². The molecule has 1 saturated heterocycles. The second-order valence-electron chi connectivity index (χ2n) is 7.23. The number of hydrogen-bond donors (Lipinski definition) is 0. The lowest BCUT2D eigenvalue weighted by atomic mass is 9.90. The van der Waals surface area contributed by atoms with E-state index in [2.05, 4.69) is 35.2 Å². The number of benzene rings is 1. The molecule has 0 radical (unpaired) electrons. The van der Waals surface area contributed by atoms with Crippen molar-refractivity contribution in [2.24, 2.45) is 13.0 Å². The minimum Gasteiger partial charge on any atom is -0.373 e. The number of rotatable bonds is 2. The predicted octanol–water partition coefficient (Wildman–Crippen LogP) is 2.37. The Kier molecular flexibility index (Phi) is 4.68. The van der Waals surface area contributed by atoms with Crippen molar-refractivity contribution in [3.8, 4) is 0 Å². The summed E-state index contributed by atoms with van der Waals surface area (Å²) in [6, 6.07) is 10.3. The summed E-state index contributed by atoms with van der Waals surface area (Å²) < 4.78 is 7.85. The number of ether oxygens (including phenoxy) is 1. The number of carbonyl (C=O) groups excluding carboxylic acids is 1. The van der Waals surface area contributed by atoms with Crippen LogP contribution in [0.1, 0.15) is 30.2 Å². The second kappa shape index (κ2) is 7.11. The van der Waals surface area contributed by atoms with Gasteiger partial charge in [0.1, 0.15) is 6.10 Å². The molecule has 1 aromatic carbocycles. The fourth-order valence-electron chi connectivity index (χ4n) is 4.10. The second-order valence-corrected chi connectivity index (χ2v) is 7.23. The summed E-state index contributed by atoms with van der Waals surface area (Å²) in [5.74, 6) is 0.0516. The predicted molar refractivity (Wildman–Crippen MR) is 99.8 cm³/mol. The van der Waals surface area contributed by atoms with Crippen molar-refractivity contribution >= 4 is 11.6 Å². The van der Waals surface area contributed by atoms with Crippen molar-refractivity contribution in [2.45, 2.75) is 25.5 Å². The van der Waals surface area contributed by atoms with Crippen molar-refractivity contribution in [3.63, 3.8) is 0 Å². The number of nitrogens with zero attached hydrogens (tertiary/aromatic N) is 4. The Hall–Kier alpha value is -2.34. The van der Waals surface area contributed by atoms with Gasteiger partial charge in [0.25, 0.3) is 0 Å². The molecule has 0 spiro atoms. The molecule has 0 unspecified atom stereocenters. The van der Waals surface area contributed by atoms with Crippen molar-refractivity contribution in [1.82, 2.24) is 14.7 Å². The largest absolute Gasteiger partial charge is 0.373 e. The number of amides is 1. The van der Waals surface area contributed by atoms with Gasteiger partial charge in [0.2, 0.25) is 5.91 Å². The molecule has 2 aliphatic rings. The Balaban J connectivity index is 1.59. The molecule has 138 valence electrons. The SMILES string of the molecule is CN1CCN(C(=O)[C@@H]2CCCO[C@H]2c2ccnn2C)Cc2ccccc21. The van der Waals surface area contributed by atoms with Gasteiger partial charge in [-0.1, -0.05) is 18.2 Å². The highest BCUT2D eigenvalue weighted by atomic mass is 16.5. The summed E-state index contributed by atoms with van der Waals surface area (Å²) in [4.78, 5) is 17.7. The number of likely N-dealkylation sites (N-methyl/N-ethyl adjacent to an activating group) is 1. The van der Waals surface area contributed by atoms with Gasteiger partial charge in [0, 0.05) is 52.2 Å². The Morgan fingerprint density at radius 2 is 2.04 bits per heavy atom. The van der Waals surface area contributed by atoms with Crippen LogP contribution in [0.5, 0.6) is 0 Å². The molecule has 2 atom stereocenters. The molecule has 1 fully saturated rings. The normalized spacial score (nSPS) is 23.5. The standard InChI is InChI=1S/C20H26N4O2/c1-22-11-12-24(14-15-6-3-4-8-17(15)22)20(25)16-7-5-13-26-19(16)18-9-10-21-23(18)2/h3-4,6,8-10,16,19H,5,7,11-14H2,1-2H3/t16-,19-/m1/s1. The molecule has 1 aromatic heterocycles. The zero-order valence-corrected chi connectivity index (χ0v) is 15.5. The molecule has 0 aliphatic carbocycles. The molecular weight excluding hydrogens is 328 g/mol. The highest BCUT2D eigenvalue weighted by Crippen LogP contribution is 2.35. The third kappa shape index (κ3) is 3.09. The molecule has 4 rings (SSSR count). The number of fused-ring (bicyclic) bond motifs is 1. The van der Waals surface area contributed by atoms with E-state index in [0.717, 1.165) is 31.6 Å². The maximum Gasteiger partial charge on any atom is 0.229 e. The molecule has 0 N–H and O–H groups in total. The van der Waals surface area contributed by atoms with Gasteiger partial charge in [-0.2, -0.15) is 5.10 Å². The molecule has 3 heterocycles. The van der Waals surface area contributed by atoms with Crippen LogP contribution in [0, 0.1) is 5.92 Å². The average molecular weight is 354 g/mol. The summed E-state index contributed by atoms with van der Waals surface area (Å²) in [6.45, 7) is 2.93. The fraction of sp³-hybridized carbons (Fsp3) is 0.500. The average Bonchev–Trinajstić information content (AvgIpc) is 3.02. The Morgan fingerprint density at radius 3 is 2.85 bits per heavy atom. The quantitative estimate of drug-likeness (QED) is 0.831. The number of aryl methyl sites for hydroxylation is 1. The first kappa shape index (κ1) is 17.1. The van der Waals surface area contributed by atoms with Gasteiger partial charge in [0.15, 0.2) is 0 Å². The van der Waals surface area contributed by atoms with Crippen LogP contribution in [0.25, 0.3) is 0 Å². The van der Waals surface area contributed by atoms with Crippen LogP contribution in [-0.4, -0.2) is 47.3 Å². The topological polar surface area (TPSA) is 50.6 Å². The molecule has 1 amide bonds. The van der Waals surface area contributed by atoms with E-state index in [4.69, 9.17) is 4.74 Å². The van der Waals surface area contributed by atoms with Gasteiger partial charge in [-0.15, -0.1) is 0 Å². The van der Waals surface area contributed by atoms with Crippen LogP contribution < -0.4 is 4.90 Å². The molecule has 0 bridgehead atoms. The van der Waals surface area contributed by atoms with Crippen LogP contribution in [0.2, 0.25) is 0 Å². The van der Waals surface area contributed by atoms with Crippen LogP contribution in [-0.2, 0) is 23.1 Å². The van der Waals surface area contributed by atoms with Gasteiger partial charge in [0.05, 0.1) is 11.6 Å². The third-order valence-electron chi connectivity index (χ3n) is 5.57. The van der Waals surface area contributed by atoms with E-state index in [0.29, 0.717) is 13.2 Å². The monoisotopic (exact) mass is 354 g/mol. The Morgan fingerprint density at radius 1 is 1.19 bits per heavy atom. The number of aromatic nitrogens is 2. The molecule has 0 saturated carbocycles. The third-order valence-corrected chi connectivity index (χ3v) is 5.57. The van der Waals surface area contributed by atoms with E-state index >= 15 is 0 Å². The zero-order valence-electron chi connectivity index (χ0n) is 15.5. The number of carbonyl (C=O) groups is 1. The first-order valence-electron chi connectivity index (χ1n) is 9.32. The smallest absolute Gasteiger partial charge is 0.229 e. The lowest BCUT2D eigenvalue weighted by Gasteiger charge is -2.34. The minimum absolute atomic E-state index is 0.144. The summed E-state index contributed by atoms with van der Waals surface area (Å²) >= 11 is 0. The van der Waals surface area contributed by atoms with Crippen molar-refractivity contribution in [1.29, 1.82) is 0 Å². The van der Waals surface area contributed by atoms with Crippen LogP contribution >= 0.6 is 0 Å². The van der Waals surface area contributed by atoms with E-state index in [1.165, 1.54) is 11.3 Å². The van der Waals surface area contributed by atoms with Crippen LogP contribution in [0.15, 0.2) is 36.5 Å². The molecule has 26 heavy (non-hydrogen) atoms. The van der Waals surface area contributed by atoms with E-state index in [9.17, 15) is 4.79 Å². The summed E-state index contributed by atoms with van der Waals surface area (Å²) in [7, 11) is 4.00. The van der Waals surface area contributed by atoms with Gasteiger partial charge < -0.3 is 14.5 Å². The summed E-state index contributed by atoms with van der Waals surface area (Å²) in [6.07, 6.45) is 3.35. The molecule has 2 aromatic rings. The Bertz CT molecular complexity index is 788. The minimum atomic E-state index is -0.208. The highest BCUT2D eigenvalue weighted by molar-refractivity contribution is 5.80. The molecular formula is C20H26N4O2. The lowest BCUT2D eigenvalue weighted by Crippen LogP contribution is -2.42. The first-order chi connectivity index (χ1) is 12.6. The van der Waals surface area contributed by atoms with E-state index < -0.39 is 0 Å². The number of hydrogen-bond acceptors (Lipinski definition) is 4. The summed E-state index contributed by atoms with van der Waals surface area (Å²) in [5.41, 5.74) is 3.40. The number of anilines is 1. The first-order valence-corrected chi connectivity index (χ1v) is 9.32. The van der Waals surface area contributed by atoms with E-state index in [1.807, 2.05) is 28.8 Å². The highest BCUT2D eigenvalue weighted by Gasteiger charge is 2.37. The molecule has 6 nitrogen and oxygen atoms in total. The van der Waals surface area contributed by atoms with Crippen LogP contribution in [0.3, 0.4) is 0 Å². The molecule has 6 heteroatoms. The van der Waals surface area contributed by atoms with Gasteiger partial charge in [-0.05, 0) is 30.5 Å². The zero-order chi connectivity index (χ0) is 18.1. The Labute approximate surface area is 154 Å². The van der Waals surface area contributed by atoms with E-state index in [-0.39, 0.29) is 17.9 Å². The van der Waals surface area contributed by atoms with E-state index in [1.54, 1.807) is 6.20 Å². The van der Waals surface area contributed by atoms with Crippen molar-refractivity contribution in [2.75, 3.05) is 31.6 Å². The van der Waals surface area contributed by atoms with Gasteiger partial charge in [-0.25, -0.2) is 0 Å². The van der Waals surface area contributed by atoms with Crippen molar-refractivity contribution < 1.29 is 9.53 Å². The molecule has 2 aliphatic heterocycles. The maximum atomic E-state index is 13.4. The lowest BCUT2D eigenvalue weighted by molar-refractivity contribution is -0.146.